The predicted molar refractivity (Wildman–Crippen MR) is 47.9 cm³/mol. The van der Waals surface area contributed by atoms with Gasteiger partial charge >= 0.3 is 5.92 Å². The van der Waals surface area contributed by atoms with Crippen molar-refractivity contribution in [3.8, 4) is 0 Å². The summed E-state index contributed by atoms with van der Waals surface area (Å²) >= 11 is 0. The Balaban J connectivity index is 2.77. The molecule has 7 heteroatoms. The number of rotatable bonds is 1. The van der Waals surface area contributed by atoms with Crippen molar-refractivity contribution in [1.82, 2.24) is 19.6 Å². The highest BCUT2D eigenvalue weighted by molar-refractivity contribution is 5.28. The molecule has 0 bridgehead atoms. The number of hydrogen-bond acceptors (Lipinski definition) is 3. The molecule has 2 aromatic rings. The van der Waals surface area contributed by atoms with Gasteiger partial charge in [0.25, 0.3) is 11.3 Å². The van der Waals surface area contributed by atoms with Crippen LogP contribution in [0.15, 0.2) is 10.9 Å². The van der Waals surface area contributed by atoms with Crippen LogP contribution in [0.25, 0.3) is 5.78 Å². The highest BCUT2D eigenvalue weighted by atomic mass is 19.3. The van der Waals surface area contributed by atoms with Crippen LogP contribution in [0, 0.1) is 6.92 Å². The maximum Gasteiger partial charge on any atom is 0.303 e. The molecule has 2 rings (SSSR count). The van der Waals surface area contributed by atoms with Gasteiger partial charge in [0.1, 0.15) is 0 Å². The average molecular weight is 214 g/mol. The standard InChI is InChI=1S/C8H8F2N4O/c1-4-3-5(15)14-7(11-4)12-6(13-14)8(2,9)10/h3H,1-2H3,(H,11,12,13). The van der Waals surface area contributed by atoms with Gasteiger partial charge in [-0.05, 0) is 6.92 Å². The van der Waals surface area contributed by atoms with Gasteiger partial charge in [-0.2, -0.15) is 18.3 Å². The first-order chi connectivity index (χ1) is 6.88. The van der Waals surface area contributed by atoms with Crippen LogP contribution in [0.3, 0.4) is 0 Å². The lowest BCUT2D eigenvalue weighted by Gasteiger charge is -2.03. The summed E-state index contributed by atoms with van der Waals surface area (Å²) in [5.74, 6) is -3.73. The lowest BCUT2D eigenvalue weighted by Crippen LogP contribution is -2.15. The second kappa shape index (κ2) is 2.85. The first-order valence-electron chi connectivity index (χ1n) is 4.22. The van der Waals surface area contributed by atoms with E-state index in [1.54, 1.807) is 6.92 Å². The number of H-pyrrole nitrogens is 1. The van der Waals surface area contributed by atoms with Crippen LogP contribution in [-0.2, 0) is 5.92 Å². The van der Waals surface area contributed by atoms with Crippen LogP contribution in [0.1, 0.15) is 18.4 Å². The van der Waals surface area contributed by atoms with Gasteiger partial charge in [-0.25, -0.2) is 4.98 Å². The minimum atomic E-state index is -3.12. The smallest absolute Gasteiger partial charge is 0.270 e. The van der Waals surface area contributed by atoms with Crippen LogP contribution in [-0.4, -0.2) is 19.6 Å². The summed E-state index contributed by atoms with van der Waals surface area (Å²) in [5, 5.41) is 2.21. The number of aryl methyl sites for hydroxylation is 1. The van der Waals surface area contributed by atoms with E-state index in [1.165, 1.54) is 6.07 Å². The van der Waals surface area contributed by atoms with Crippen molar-refractivity contribution in [2.45, 2.75) is 19.8 Å². The van der Waals surface area contributed by atoms with Gasteiger partial charge in [-0.15, -0.1) is 0 Å². The van der Waals surface area contributed by atoms with Gasteiger partial charge in [0.2, 0.25) is 0 Å². The van der Waals surface area contributed by atoms with E-state index in [0.717, 1.165) is 4.52 Å². The van der Waals surface area contributed by atoms with Gasteiger partial charge in [-0.3, -0.25) is 9.89 Å². The van der Waals surface area contributed by atoms with E-state index in [2.05, 4.69) is 15.1 Å². The summed E-state index contributed by atoms with van der Waals surface area (Å²) in [6, 6.07) is 1.24. The molecule has 2 aromatic heterocycles. The summed E-state index contributed by atoms with van der Waals surface area (Å²) in [5.41, 5.74) is -0.0158. The number of fused-ring (bicyclic) bond motifs is 1. The van der Waals surface area contributed by atoms with Crippen molar-refractivity contribution in [1.29, 1.82) is 0 Å². The molecule has 0 aliphatic heterocycles. The number of aromatic nitrogens is 4. The first-order valence-corrected chi connectivity index (χ1v) is 4.22. The number of alkyl halides is 2. The third kappa shape index (κ3) is 1.60. The van der Waals surface area contributed by atoms with Crippen LogP contribution in [0.4, 0.5) is 8.78 Å². The third-order valence-corrected chi connectivity index (χ3v) is 1.87. The van der Waals surface area contributed by atoms with Crippen molar-refractivity contribution in [2.24, 2.45) is 0 Å². The quantitative estimate of drug-likeness (QED) is 0.765. The summed E-state index contributed by atoms with van der Waals surface area (Å²) < 4.78 is 26.7. The molecule has 0 radical (unpaired) electrons. The Bertz CT molecular complexity index is 566. The molecule has 0 saturated heterocycles. The molecular weight excluding hydrogens is 206 g/mol. The second-order valence-electron chi connectivity index (χ2n) is 3.33. The summed E-state index contributed by atoms with van der Waals surface area (Å²) in [7, 11) is 0. The number of halogens is 2. The molecule has 80 valence electrons. The molecule has 1 N–H and O–H groups in total. The third-order valence-electron chi connectivity index (χ3n) is 1.87. The lowest BCUT2D eigenvalue weighted by atomic mass is 10.4. The Kier molecular flexibility index (Phi) is 1.85. The van der Waals surface area contributed by atoms with E-state index < -0.39 is 17.3 Å². The number of hydrogen-bond donors (Lipinski definition) is 1. The molecule has 0 fully saturated rings. The number of aromatic amines is 1. The molecule has 0 atom stereocenters. The van der Waals surface area contributed by atoms with E-state index in [-0.39, 0.29) is 5.78 Å². The maximum atomic E-state index is 12.9. The van der Waals surface area contributed by atoms with Gasteiger partial charge in [0.05, 0.1) is 0 Å². The largest absolute Gasteiger partial charge is 0.303 e. The Hall–Kier alpha value is -1.79. The maximum absolute atomic E-state index is 12.9. The van der Waals surface area contributed by atoms with Crippen LogP contribution in [0.2, 0.25) is 0 Å². The lowest BCUT2D eigenvalue weighted by molar-refractivity contribution is 0.00795. The zero-order valence-corrected chi connectivity index (χ0v) is 8.08. The Morgan fingerprint density at radius 1 is 1.47 bits per heavy atom. The monoisotopic (exact) mass is 214 g/mol. The highest BCUT2D eigenvalue weighted by Crippen LogP contribution is 2.23. The molecule has 2 heterocycles. The van der Waals surface area contributed by atoms with Gasteiger partial charge in [0, 0.05) is 18.7 Å². The molecule has 0 aliphatic rings. The number of nitrogens with one attached hydrogen (secondary N) is 1. The minimum Gasteiger partial charge on any atom is -0.270 e. The van der Waals surface area contributed by atoms with Crippen molar-refractivity contribution < 1.29 is 8.78 Å². The molecular formula is C8H8F2N4O. The molecule has 0 aromatic carbocycles. The minimum absolute atomic E-state index is 0.0449. The second-order valence-corrected chi connectivity index (χ2v) is 3.33. The number of nitrogens with zero attached hydrogens (tertiary/aromatic N) is 3. The Labute approximate surface area is 82.8 Å². The Morgan fingerprint density at radius 2 is 2.13 bits per heavy atom. The zero-order valence-electron chi connectivity index (χ0n) is 8.08. The predicted octanol–water partition coefficient (Wildman–Crippen LogP) is 0.838. The van der Waals surface area contributed by atoms with Crippen LogP contribution in [0.5, 0.6) is 0 Å². The fraction of sp³-hybridized carbons (Fsp3) is 0.375. The molecule has 15 heavy (non-hydrogen) atoms. The summed E-state index contributed by atoms with van der Waals surface area (Å²) in [4.78, 5) is 18.8. The van der Waals surface area contributed by atoms with E-state index >= 15 is 0 Å². The van der Waals surface area contributed by atoms with Crippen molar-refractivity contribution in [3.63, 3.8) is 0 Å². The summed E-state index contributed by atoms with van der Waals surface area (Å²) in [6.45, 7) is 2.29. The van der Waals surface area contributed by atoms with E-state index in [9.17, 15) is 13.6 Å². The molecule has 0 saturated carbocycles. The fourth-order valence-corrected chi connectivity index (χ4v) is 1.19. The van der Waals surface area contributed by atoms with Gasteiger partial charge in [0.15, 0.2) is 5.82 Å². The highest BCUT2D eigenvalue weighted by Gasteiger charge is 2.29. The topological polar surface area (TPSA) is 63.0 Å². The molecule has 0 amide bonds. The fourth-order valence-electron chi connectivity index (χ4n) is 1.19. The normalized spacial score (nSPS) is 12.3. The molecule has 0 unspecified atom stereocenters. The van der Waals surface area contributed by atoms with Gasteiger partial charge in [-0.1, -0.05) is 0 Å². The average Bonchev–Trinajstić information content (AvgIpc) is 2.46. The van der Waals surface area contributed by atoms with E-state index in [1.807, 2.05) is 0 Å². The van der Waals surface area contributed by atoms with Crippen LogP contribution >= 0.6 is 0 Å². The first kappa shape index (κ1) is 9.75. The van der Waals surface area contributed by atoms with Crippen molar-refractivity contribution in [3.05, 3.63) is 27.9 Å². The molecule has 5 nitrogen and oxygen atoms in total. The van der Waals surface area contributed by atoms with Crippen molar-refractivity contribution in [2.75, 3.05) is 0 Å². The van der Waals surface area contributed by atoms with Crippen LogP contribution < -0.4 is 5.56 Å². The van der Waals surface area contributed by atoms with Gasteiger partial charge < -0.3 is 0 Å². The SMILES string of the molecule is Cc1cc(=O)n2[nH]c(C(C)(F)F)nc2n1. The molecule has 0 aliphatic carbocycles. The summed E-state index contributed by atoms with van der Waals surface area (Å²) in [6.07, 6.45) is 0. The Morgan fingerprint density at radius 3 is 2.73 bits per heavy atom. The molecule has 0 spiro atoms. The zero-order chi connectivity index (χ0) is 11.2. The van der Waals surface area contributed by atoms with Crippen molar-refractivity contribution >= 4 is 5.78 Å². The van der Waals surface area contributed by atoms with E-state index in [0.29, 0.717) is 12.6 Å². The van der Waals surface area contributed by atoms with E-state index in [4.69, 9.17) is 0 Å².